The highest BCUT2D eigenvalue weighted by molar-refractivity contribution is 9.10. The Kier molecular flexibility index (Phi) is 7.67. The Labute approximate surface area is 126 Å². The highest BCUT2D eigenvalue weighted by Crippen LogP contribution is 2.26. The summed E-state index contributed by atoms with van der Waals surface area (Å²) in [6.07, 6.45) is 3.69. The monoisotopic (exact) mass is 344 g/mol. The molecule has 0 radical (unpaired) electrons. The van der Waals surface area contributed by atoms with Crippen LogP contribution in [0.4, 0.5) is 0 Å². The Morgan fingerprint density at radius 1 is 1.53 bits per heavy atom. The maximum atomic E-state index is 10.4. The van der Waals surface area contributed by atoms with E-state index in [0.717, 1.165) is 39.8 Å². The van der Waals surface area contributed by atoms with Gasteiger partial charge in [0.15, 0.2) is 0 Å². The Morgan fingerprint density at radius 2 is 2.32 bits per heavy atom. The number of carboxylic acids is 1. The third-order valence-electron chi connectivity index (χ3n) is 2.27. The van der Waals surface area contributed by atoms with Crippen molar-refractivity contribution in [2.45, 2.75) is 13.3 Å². The van der Waals surface area contributed by atoms with Gasteiger partial charge in [0.05, 0.1) is 11.1 Å². The zero-order chi connectivity index (χ0) is 14.1. The Balaban J connectivity index is 2.50. The molecule has 1 aromatic rings. The maximum absolute atomic E-state index is 10.4. The molecule has 5 heteroatoms. The molecular formula is C14H17BrO3S. The fraction of sp³-hybridized carbons (Fsp3) is 0.357. The lowest BCUT2D eigenvalue weighted by atomic mass is 10.2. The minimum Gasteiger partial charge on any atom is -0.492 e. The van der Waals surface area contributed by atoms with Gasteiger partial charge in [-0.3, -0.25) is 0 Å². The van der Waals surface area contributed by atoms with E-state index >= 15 is 0 Å². The molecule has 0 aliphatic rings. The first-order valence-electron chi connectivity index (χ1n) is 6.04. The highest BCUT2D eigenvalue weighted by Gasteiger charge is 2.01. The molecule has 0 heterocycles. The van der Waals surface area contributed by atoms with E-state index < -0.39 is 5.97 Å². The minimum absolute atomic E-state index is 0.690. The number of benzene rings is 1. The number of rotatable bonds is 8. The summed E-state index contributed by atoms with van der Waals surface area (Å²) in [4.78, 5) is 10.4. The van der Waals surface area contributed by atoms with Crippen LogP contribution in [0.5, 0.6) is 5.75 Å². The number of thioether (sulfide) groups is 1. The molecule has 0 unspecified atom stereocenters. The first-order chi connectivity index (χ1) is 9.13. The molecule has 1 rings (SSSR count). The van der Waals surface area contributed by atoms with E-state index in [-0.39, 0.29) is 0 Å². The summed E-state index contributed by atoms with van der Waals surface area (Å²) >= 11 is 5.33. The average molecular weight is 345 g/mol. The number of carbonyl (C=O) groups is 1. The summed E-state index contributed by atoms with van der Waals surface area (Å²) in [6.45, 7) is 2.83. The molecule has 0 amide bonds. The molecule has 0 aliphatic carbocycles. The number of carboxylic acid groups (broad SMARTS) is 1. The van der Waals surface area contributed by atoms with Crippen LogP contribution in [0.15, 0.2) is 28.7 Å². The van der Waals surface area contributed by atoms with E-state index in [1.54, 1.807) is 6.08 Å². The van der Waals surface area contributed by atoms with Crippen molar-refractivity contribution in [2.24, 2.45) is 0 Å². The molecule has 0 spiro atoms. The predicted molar refractivity (Wildman–Crippen MR) is 83.9 cm³/mol. The summed E-state index contributed by atoms with van der Waals surface area (Å²) in [5.41, 5.74) is 0.822. The van der Waals surface area contributed by atoms with Crippen molar-refractivity contribution in [1.29, 1.82) is 0 Å². The summed E-state index contributed by atoms with van der Waals surface area (Å²) in [6, 6.07) is 5.52. The number of halogens is 1. The second-order valence-corrected chi connectivity index (χ2v) is 6.01. The molecular weight excluding hydrogens is 328 g/mol. The summed E-state index contributed by atoms with van der Waals surface area (Å²) in [7, 11) is 0. The molecule has 0 aromatic heterocycles. The van der Waals surface area contributed by atoms with Crippen molar-refractivity contribution in [1.82, 2.24) is 0 Å². The van der Waals surface area contributed by atoms with Gasteiger partial charge >= 0.3 is 5.97 Å². The first-order valence-corrected chi connectivity index (χ1v) is 7.99. The van der Waals surface area contributed by atoms with Gasteiger partial charge in [0, 0.05) is 6.08 Å². The number of hydrogen-bond acceptors (Lipinski definition) is 3. The van der Waals surface area contributed by atoms with Gasteiger partial charge in [0.2, 0.25) is 0 Å². The van der Waals surface area contributed by atoms with Gasteiger partial charge in [-0.25, -0.2) is 4.79 Å². The van der Waals surface area contributed by atoms with Gasteiger partial charge in [0.1, 0.15) is 5.75 Å². The Morgan fingerprint density at radius 3 is 2.95 bits per heavy atom. The van der Waals surface area contributed by atoms with E-state index in [1.807, 2.05) is 30.0 Å². The van der Waals surface area contributed by atoms with E-state index in [1.165, 1.54) is 0 Å². The lowest BCUT2D eigenvalue weighted by Gasteiger charge is -2.08. The summed E-state index contributed by atoms with van der Waals surface area (Å²) < 4.78 is 6.50. The van der Waals surface area contributed by atoms with Gasteiger partial charge < -0.3 is 9.84 Å². The van der Waals surface area contributed by atoms with Gasteiger partial charge in [0.25, 0.3) is 0 Å². The van der Waals surface area contributed by atoms with Crippen LogP contribution in [0.3, 0.4) is 0 Å². The maximum Gasteiger partial charge on any atom is 0.328 e. The lowest BCUT2D eigenvalue weighted by Crippen LogP contribution is -1.99. The van der Waals surface area contributed by atoms with Crippen LogP contribution in [0.1, 0.15) is 18.9 Å². The van der Waals surface area contributed by atoms with Crippen LogP contribution < -0.4 is 4.74 Å². The van der Waals surface area contributed by atoms with Gasteiger partial charge in [-0.05, 0) is 57.6 Å². The smallest absolute Gasteiger partial charge is 0.328 e. The molecule has 0 bridgehead atoms. The molecule has 0 aliphatic heterocycles. The van der Waals surface area contributed by atoms with E-state index in [0.29, 0.717) is 6.61 Å². The molecule has 0 atom stereocenters. The fourth-order valence-electron chi connectivity index (χ4n) is 1.39. The number of aliphatic carboxylic acids is 1. The summed E-state index contributed by atoms with van der Waals surface area (Å²) in [5, 5.41) is 8.56. The van der Waals surface area contributed by atoms with E-state index in [4.69, 9.17) is 9.84 Å². The third kappa shape index (κ3) is 6.68. The zero-order valence-corrected chi connectivity index (χ0v) is 13.2. The van der Waals surface area contributed by atoms with Crippen molar-refractivity contribution in [2.75, 3.05) is 18.1 Å². The zero-order valence-electron chi connectivity index (χ0n) is 10.8. The molecule has 1 N–H and O–H groups in total. The average Bonchev–Trinajstić information content (AvgIpc) is 2.38. The van der Waals surface area contributed by atoms with Crippen LogP contribution in [-0.4, -0.2) is 29.2 Å². The van der Waals surface area contributed by atoms with Crippen LogP contribution in [0.25, 0.3) is 6.08 Å². The molecule has 3 nitrogen and oxygen atoms in total. The Hall–Kier alpha value is -0.940. The molecule has 19 heavy (non-hydrogen) atoms. The van der Waals surface area contributed by atoms with Crippen LogP contribution in [0.2, 0.25) is 0 Å². The normalized spacial score (nSPS) is 10.8. The van der Waals surface area contributed by atoms with Crippen LogP contribution in [0, 0.1) is 0 Å². The van der Waals surface area contributed by atoms with Crippen LogP contribution in [-0.2, 0) is 4.79 Å². The summed E-state index contributed by atoms with van der Waals surface area (Å²) in [5.74, 6) is 2.07. The highest BCUT2D eigenvalue weighted by atomic mass is 79.9. The minimum atomic E-state index is -0.954. The lowest BCUT2D eigenvalue weighted by molar-refractivity contribution is -0.131. The molecule has 1 aromatic carbocycles. The molecule has 0 fully saturated rings. The van der Waals surface area contributed by atoms with Gasteiger partial charge in [-0.2, -0.15) is 11.8 Å². The molecule has 0 saturated heterocycles. The van der Waals surface area contributed by atoms with Crippen molar-refractivity contribution < 1.29 is 14.6 Å². The second kappa shape index (κ2) is 9.04. The topological polar surface area (TPSA) is 46.5 Å². The Bertz CT molecular complexity index is 446. The SMILES string of the molecule is CCSCCCOc1ccc(/C=C/C(=O)O)cc1Br. The quantitative estimate of drug-likeness (QED) is 0.570. The third-order valence-corrected chi connectivity index (χ3v) is 3.87. The van der Waals surface area contributed by atoms with E-state index in [9.17, 15) is 4.79 Å². The second-order valence-electron chi connectivity index (χ2n) is 3.76. The number of ether oxygens (including phenoxy) is 1. The largest absolute Gasteiger partial charge is 0.492 e. The fourth-order valence-corrected chi connectivity index (χ4v) is 2.51. The van der Waals surface area contributed by atoms with Crippen molar-refractivity contribution >= 4 is 39.7 Å². The number of hydrogen-bond donors (Lipinski definition) is 1. The molecule has 104 valence electrons. The first kappa shape index (κ1) is 16.1. The van der Waals surface area contributed by atoms with Crippen molar-refractivity contribution in [3.8, 4) is 5.75 Å². The van der Waals surface area contributed by atoms with Gasteiger partial charge in [-0.15, -0.1) is 0 Å². The molecule has 0 saturated carbocycles. The van der Waals surface area contributed by atoms with Crippen molar-refractivity contribution in [3.63, 3.8) is 0 Å². The van der Waals surface area contributed by atoms with Crippen molar-refractivity contribution in [3.05, 3.63) is 34.3 Å². The van der Waals surface area contributed by atoms with Gasteiger partial charge in [-0.1, -0.05) is 13.0 Å². The standard InChI is InChI=1S/C14H17BrO3S/c1-2-19-9-3-8-18-13-6-4-11(10-12(13)15)5-7-14(16)17/h4-7,10H,2-3,8-9H2,1H3,(H,16,17)/b7-5+. The predicted octanol–water partition coefficient (Wildman–Crippen LogP) is 4.07. The van der Waals surface area contributed by atoms with Crippen LogP contribution >= 0.6 is 27.7 Å². The van der Waals surface area contributed by atoms with E-state index in [2.05, 4.69) is 22.9 Å².